The third-order valence-corrected chi connectivity index (χ3v) is 4.16. The Hall–Kier alpha value is -2.86. The zero-order valence-electron chi connectivity index (χ0n) is 16.1. The molecular weight excluding hydrogens is 509 g/mol. The molecule has 33 heavy (non-hydrogen) atoms. The maximum atomic E-state index is 12.3. The van der Waals surface area contributed by atoms with Crippen molar-refractivity contribution in [3.8, 4) is 11.5 Å². The Morgan fingerprint density at radius 3 is 1.39 bits per heavy atom. The monoisotopic (exact) mass is 520 g/mol. The first kappa shape index (κ1) is 26.4. The normalized spacial score (nSPS) is 11.6. The van der Waals surface area contributed by atoms with E-state index < -0.39 is 55.8 Å². The molecule has 180 valence electrons. The molecule has 2 aromatic carbocycles. The smallest absolute Gasteiger partial charge is 0.460 e. The van der Waals surface area contributed by atoms with Crippen molar-refractivity contribution in [1.29, 1.82) is 0 Å². The van der Waals surface area contributed by atoms with Crippen molar-refractivity contribution in [2.45, 2.75) is 32.4 Å². The third-order valence-electron chi connectivity index (χ3n) is 3.53. The summed E-state index contributed by atoms with van der Waals surface area (Å²) in [6.07, 6.45) is -10.8. The number of rotatable bonds is 8. The molecule has 0 aliphatic carbocycles. The number of hydrogen-bond donors (Lipinski definition) is 0. The number of carbonyl (C=O) groups is 2. The Balaban J connectivity index is 1.85. The van der Waals surface area contributed by atoms with E-state index >= 15 is 0 Å². The molecule has 14 heteroatoms. The lowest BCUT2D eigenvalue weighted by atomic mass is 10.2. The van der Waals surface area contributed by atoms with Crippen molar-refractivity contribution in [2.75, 3.05) is 0 Å². The summed E-state index contributed by atoms with van der Waals surface area (Å²) in [5.74, 6) is -3.53. The molecule has 2 rings (SSSR count). The van der Waals surface area contributed by atoms with Crippen molar-refractivity contribution in [1.82, 2.24) is 0 Å². The van der Waals surface area contributed by atoms with Gasteiger partial charge in [-0.2, -0.15) is 0 Å². The van der Waals surface area contributed by atoms with E-state index in [0.29, 0.717) is 0 Å². The molecule has 0 N–H and O–H groups in total. The highest BCUT2D eigenvalue weighted by molar-refractivity contribution is 6.32. The number of carbonyl (C=O) groups excluding carboxylic acids is 2. The van der Waals surface area contributed by atoms with Gasteiger partial charge in [0.25, 0.3) is 0 Å². The van der Waals surface area contributed by atoms with Gasteiger partial charge in [0.15, 0.2) is 0 Å². The summed E-state index contributed by atoms with van der Waals surface area (Å²) < 4.78 is 91.1. The molecular formula is C19H12Cl2F6O6. The van der Waals surface area contributed by atoms with E-state index in [4.69, 9.17) is 32.7 Å². The van der Waals surface area contributed by atoms with Crippen LogP contribution in [0.2, 0.25) is 10.0 Å². The largest absolute Gasteiger partial charge is 0.573 e. The maximum Gasteiger partial charge on any atom is 0.573 e. The highest BCUT2D eigenvalue weighted by Gasteiger charge is 2.33. The molecule has 2 aromatic rings. The minimum atomic E-state index is -4.98. The van der Waals surface area contributed by atoms with E-state index in [1.165, 1.54) is 12.1 Å². The van der Waals surface area contributed by atoms with Crippen LogP contribution in [0, 0.1) is 0 Å². The van der Waals surface area contributed by atoms with Gasteiger partial charge < -0.3 is 18.9 Å². The van der Waals surface area contributed by atoms with Crippen molar-refractivity contribution in [3.05, 3.63) is 57.6 Å². The Labute approximate surface area is 191 Å². The standard InChI is InChI=1S/C19H12Cl2F6O6/c20-12-3-1-10(5-14(12)32-18(22,23)24)8-30-16(28)7-17(29)31-9-11-2-4-13(21)15(6-11)33-19(25,26)27/h1-6H,7-9H2. The summed E-state index contributed by atoms with van der Waals surface area (Å²) in [5, 5.41) is -0.645. The number of alkyl halides is 6. The predicted molar refractivity (Wildman–Crippen MR) is 100 cm³/mol. The van der Waals surface area contributed by atoms with E-state index in [-0.39, 0.29) is 21.2 Å². The van der Waals surface area contributed by atoms with Gasteiger partial charge in [0.05, 0.1) is 10.0 Å². The molecule has 0 aromatic heterocycles. The van der Waals surface area contributed by atoms with E-state index in [1.54, 1.807) is 0 Å². The van der Waals surface area contributed by atoms with Gasteiger partial charge in [-0.3, -0.25) is 9.59 Å². The van der Waals surface area contributed by atoms with Gasteiger partial charge in [0.1, 0.15) is 31.1 Å². The zero-order chi connectivity index (χ0) is 24.8. The molecule has 0 heterocycles. The molecule has 0 spiro atoms. The van der Waals surface area contributed by atoms with Gasteiger partial charge >= 0.3 is 24.7 Å². The van der Waals surface area contributed by atoms with Gasteiger partial charge in [0, 0.05) is 0 Å². The Bertz CT molecular complexity index is 930. The second-order valence-corrected chi connectivity index (χ2v) is 6.94. The number of benzene rings is 2. The molecule has 0 fully saturated rings. The van der Waals surface area contributed by atoms with Crippen molar-refractivity contribution in [2.24, 2.45) is 0 Å². The molecule has 0 unspecified atom stereocenters. The van der Waals surface area contributed by atoms with Crippen LogP contribution in [0.4, 0.5) is 26.3 Å². The lowest BCUT2D eigenvalue weighted by Crippen LogP contribution is -2.18. The molecule has 0 aliphatic rings. The third kappa shape index (κ3) is 9.66. The SMILES string of the molecule is O=C(CC(=O)OCc1ccc(Cl)c(OC(F)(F)F)c1)OCc1ccc(Cl)c(OC(F)(F)F)c1. The maximum absolute atomic E-state index is 12.3. The molecule has 0 saturated carbocycles. The quantitative estimate of drug-likeness (QED) is 0.242. The molecule has 6 nitrogen and oxygen atoms in total. The first-order valence-corrected chi connectivity index (χ1v) is 9.37. The van der Waals surface area contributed by atoms with Gasteiger partial charge in [-0.25, -0.2) is 0 Å². The van der Waals surface area contributed by atoms with Crippen LogP contribution in [-0.2, 0) is 32.3 Å². The molecule has 0 atom stereocenters. The number of esters is 2. The lowest BCUT2D eigenvalue weighted by molar-refractivity contribution is -0.275. The average Bonchev–Trinajstić information content (AvgIpc) is 2.67. The van der Waals surface area contributed by atoms with E-state index in [1.807, 2.05) is 0 Å². The average molecular weight is 521 g/mol. The summed E-state index contributed by atoms with van der Waals surface area (Å²) in [6, 6.07) is 6.56. The molecule has 0 radical (unpaired) electrons. The van der Waals surface area contributed by atoms with Gasteiger partial charge in [-0.05, 0) is 35.4 Å². The minimum absolute atomic E-state index is 0.0960. The topological polar surface area (TPSA) is 71.1 Å². The first-order valence-electron chi connectivity index (χ1n) is 8.61. The second-order valence-electron chi connectivity index (χ2n) is 6.12. The minimum Gasteiger partial charge on any atom is -0.460 e. The van der Waals surface area contributed by atoms with Crippen LogP contribution in [0.5, 0.6) is 11.5 Å². The van der Waals surface area contributed by atoms with Crippen LogP contribution >= 0.6 is 23.2 Å². The zero-order valence-corrected chi connectivity index (χ0v) is 17.6. The van der Waals surface area contributed by atoms with Gasteiger partial charge in [0.2, 0.25) is 0 Å². The Morgan fingerprint density at radius 1 is 0.697 bits per heavy atom. The summed E-state index contributed by atoms with van der Waals surface area (Å²) >= 11 is 11.2. The van der Waals surface area contributed by atoms with E-state index in [2.05, 4.69) is 9.47 Å². The van der Waals surface area contributed by atoms with Crippen LogP contribution in [0.25, 0.3) is 0 Å². The highest BCUT2D eigenvalue weighted by atomic mass is 35.5. The lowest BCUT2D eigenvalue weighted by Gasteiger charge is -2.12. The number of hydrogen-bond acceptors (Lipinski definition) is 6. The van der Waals surface area contributed by atoms with Crippen molar-refractivity contribution in [3.63, 3.8) is 0 Å². The summed E-state index contributed by atoms with van der Waals surface area (Å²) in [7, 11) is 0. The number of ether oxygens (including phenoxy) is 4. The molecule has 0 saturated heterocycles. The summed E-state index contributed by atoms with van der Waals surface area (Å²) in [6.45, 7) is -0.986. The fourth-order valence-corrected chi connectivity index (χ4v) is 2.54. The van der Waals surface area contributed by atoms with E-state index in [9.17, 15) is 35.9 Å². The fraction of sp³-hybridized carbons (Fsp3) is 0.263. The van der Waals surface area contributed by atoms with Gasteiger partial charge in [-0.15, -0.1) is 26.3 Å². The van der Waals surface area contributed by atoms with Crippen LogP contribution < -0.4 is 9.47 Å². The van der Waals surface area contributed by atoms with Gasteiger partial charge in [-0.1, -0.05) is 35.3 Å². The van der Waals surface area contributed by atoms with Crippen LogP contribution in [0.1, 0.15) is 17.5 Å². The summed E-state index contributed by atoms with van der Waals surface area (Å²) in [4.78, 5) is 23.5. The molecule has 0 aliphatic heterocycles. The van der Waals surface area contributed by atoms with Crippen LogP contribution in [-0.4, -0.2) is 24.7 Å². The van der Waals surface area contributed by atoms with Crippen LogP contribution in [0.15, 0.2) is 36.4 Å². The Morgan fingerprint density at radius 2 is 1.06 bits per heavy atom. The predicted octanol–water partition coefficient (Wildman–Crippen LogP) is 5.97. The highest BCUT2D eigenvalue weighted by Crippen LogP contribution is 2.32. The summed E-state index contributed by atoms with van der Waals surface area (Å²) in [5.41, 5.74) is 0.192. The molecule has 0 amide bonds. The first-order chi connectivity index (χ1) is 15.2. The fourth-order valence-electron chi connectivity index (χ4n) is 2.23. The van der Waals surface area contributed by atoms with E-state index in [0.717, 1.165) is 24.3 Å². The molecule has 0 bridgehead atoms. The van der Waals surface area contributed by atoms with Crippen molar-refractivity contribution < 1.29 is 54.9 Å². The number of halogens is 8. The second kappa shape index (κ2) is 10.8. The van der Waals surface area contributed by atoms with Crippen LogP contribution in [0.3, 0.4) is 0 Å². The van der Waals surface area contributed by atoms with Crippen molar-refractivity contribution >= 4 is 35.1 Å². The Kier molecular flexibility index (Phi) is 8.67.